The fourth-order valence-corrected chi connectivity index (χ4v) is 3.62. The van der Waals surface area contributed by atoms with Gasteiger partial charge in [-0.1, -0.05) is 0 Å². The number of rotatable bonds is 3. The molecule has 1 heterocycles. The third-order valence-electron chi connectivity index (χ3n) is 2.23. The van der Waals surface area contributed by atoms with Gasteiger partial charge in [-0.25, -0.2) is 13.2 Å². The Balaban J connectivity index is 2.48. The van der Waals surface area contributed by atoms with E-state index in [0.717, 1.165) is 0 Å². The van der Waals surface area contributed by atoms with Crippen molar-refractivity contribution in [1.29, 1.82) is 0 Å². The minimum atomic E-state index is -3.04. The van der Waals surface area contributed by atoms with Gasteiger partial charge in [-0.05, 0) is 13.3 Å². The first kappa shape index (κ1) is 12.3. The fraction of sp³-hybridized carbons (Fsp3) is 0.875. The van der Waals surface area contributed by atoms with E-state index in [4.69, 9.17) is 5.11 Å². The molecule has 1 atom stereocenters. The van der Waals surface area contributed by atoms with Crippen molar-refractivity contribution in [3.63, 3.8) is 0 Å². The molecule has 1 rings (SSSR count). The average Bonchev–Trinajstić information content (AvgIpc) is 2.37. The van der Waals surface area contributed by atoms with Gasteiger partial charge in [0, 0.05) is 0 Å². The van der Waals surface area contributed by atoms with Gasteiger partial charge < -0.3 is 15.2 Å². The molecule has 15 heavy (non-hydrogen) atoms. The van der Waals surface area contributed by atoms with Crippen LogP contribution in [0, 0.1) is 0 Å². The zero-order valence-electron chi connectivity index (χ0n) is 8.52. The first-order chi connectivity index (χ1) is 6.87. The number of ether oxygens (including phenoxy) is 1. The Hall–Kier alpha value is -0.820. The van der Waals surface area contributed by atoms with Crippen LogP contribution in [0.2, 0.25) is 0 Å². The highest BCUT2D eigenvalue weighted by molar-refractivity contribution is 7.91. The number of hydrogen-bond acceptors (Lipinski definition) is 5. The van der Waals surface area contributed by atoms with Crippen LogP contribution in [0.4, 0.5) is 4.79 Å². The van der Waals surface area contributed by atoms with Crippen LogP contribution < -0.4 is 5.32 Å². The summed E-state index contributed by atoms with van der Waals surface area (Å²) in [5, 5.41) is 10.9. The van der Waals surface area contributed by atoms with E-state index in [0.29, 0.717) is 6.42 Å². The molecule has 88 valence electrons. The second-order valence-corrected chi connectivity index (χ2v) is 6.07. The highest BCUT2D eigenvalue weighted by Gasteiger charge is 2.39. The molecule has 0 aromatic carbocycles. The summed E-state index contributed by atoms with van der Waals surface area (Å²) < 4.78 is 27.0. The Morgan fingerprint density at radius 1 is 1.60 bits per heavy atom. The Morgan fingerprint density at radius 3 is 2.73 bits per heavy atom. The topological polar surface area (TPSA) is 92.7 Å². The zero-order chi connectivity index (χ0) is 11.5. The van der Waals surface area contributed by atoms with E-state index in [1.807, 2.05) is 0 Å². The van der Waals surface area contributed by atoms with Crippen LogP contribution in [0.25, 0.3) is 0 Å². The summed E-state index contributed by atoms with van der Waals surface area (Å²) in [7, 11) is -3.04. The molecule has 0 radical (unpaired) electrons. The molecule has 1 fully saturated rings. The van der Waals surface area contributed by atoms with Gasteiger partial charge in [0.1, 0.15) is 6.61 Å². The van der Waals surface area contributed by atoms with Crippen molar-refractivity contribution >= 4 is 15.9 Å². The van der Waals surface area contributed by atoms with Gasteiger partial charge in [0.2, 0.25) is 0 Å². The van der Waals surface area contributed by atoms with E-state index in [9.17, 15) is 13.2 Å². The molecule has 1 aliphatic rings. The van der Waals surface area contributed by atoms with E-state index in [1.54, 1.807) is 6.92 Å². The number of amides is 1. The van der Waals surface area contributed by atoms with Gasteiger partial charge in [-0.3, -0.25) is 0 Å². The van der Waals surface area contributed by atoms with Crippen molar-refractivity contribution < 1.29 is 23.1 Å². The molecule has 0 saturated carbocycles. The van der Waals surface area contributed by atoms with Crippen molar-refractivity contribution in [2.45, 2.75) is 18.9 Å². The summed E-state index contributed by atoms with van der Waals surface area (Å²) >= 11 is 0. The molecule has 6 nitrogen and oxygen atoms in total. The number of sulfone groups is 1. The van der Waals surface area contributed by atoms with Crippen LogP contribution in [0.15, 0.2) is 0 Å². The molecule has 1 amide bonds. The van der Waals surface area contributed by atoms with Crippen molar-refractivity contribution in [2.24, 2.45) is 0 Å². The lowest BCUT2D eigenvalue weighted by Crippen LogP contribution is -2.47. The minimum absolute atomic E-state index is 0.0613. The molecule has 1 aliphatic heterocycles. The number of aliphatic hydroxyl groups is 1. The van der Waals surface area contributed by atoms with Crippen LogP contribution in [-0.2, 0) is 14.6 Å². The van der Waals surface area contributed by atoms with E-state index < -0.39 is 21.5 Å². The van der Waals surface area contributed by atoms with Gasteiger partial charge in [0.15, 0.2) is 9.84 Å². The molecule has 0 aromatic heterocycles. The van der Waals surface area contributed by atoms with Crippen molar-refractivity contribution in [3.05, 3.63) is 0 Å². The lowest BCUT2D eigenvalue weighted by molar-refractivity contribution is 0.112. The summed E-state index contributed by atoms with van der Waals surface area (Å²) in [5.74, 6) is 0.0258. The second-order valence-electron chi connectivity index (χ2n) is 3.89. The van der Waals surface area contributed by atoms with Crippen LogP contribution in [0.3, 0.4) is 0 Å². The SMILES string of the molecule is CC1(NC(=O)OCCO)CCS(=O)(=O)C1. The highest BCUT2D eigenvalue weighted by atomic mass is 32.2. The minimum Gasteiger partial charge on any atom is -0.447 e. The Morgan fingerprint density at radius 2 is 2.27 bits per heavy atom. The third-order valence-corrected chi connectivity index (χ3v) is 4.13. The maximum absolute atomic E-state index is 11.2. The molecular weight excluding hydrogens is 222 g/mol. The molecule has 0 aromatic rings. The van der Waals surface area contributed by atoms with Crippen molar-refractivity contribution in [3.8, 4) is 0 Å². The van der Waals surface area contributed by atoms with E-state index in [1.165, 1.54) is 0 Å². The van der Waals surface area contributed by atoms with Crippen LogP contribution in [0.5, 0.6) is 0 Å². The monoisotopic (exact) mass is 237 g/mol. The van der Waals surface area contributed by atoms with Crippen LogP contribution >= 0.6 is 0 Å². The number of carbonyl (C=O) groups excluding carboxylic acids is 1. The molecule has 0 bridgehead atoms. The molecule has 7 heteroatoms. The molecular formula is C8H15NO5S. The summed E-state index contributed by atoms with van der Waals surface area (Å²) in [6.45, 7) is 1.33. The summed E-state index contributed by atoms with van der Waals surface area (Å²) in [6.07, 6.45) is -0.299. The third kappa shape index (κ3) is 3.67. The Labute approximate surface area is 88.5 Å². The summed E-state index contributed by atoms with van der Waals surface area (Å²) in [6, 6.07) is 0. The quantitative estimate of drug-likeness (QED) is 0.676. The standard InChI is InChI=1S/C8H15NO5S/c1-8(2-5-15(12,13)6-8)9-7(11)14-4-3-10/h10H,2-6H2,1H3,(H,9,11). The van der Waals surface area contributed by atoms with E-state index in [-0.39, 0.29) is 24.7 Å². The highest BCUT2D eigenvalue weighted by Crippen LogP contribution is 2.22. The maximum atomic E-state index is 11.2. The van der Waals surface area contributed by atoms with E-state index >= 15 is 0 Å². The van der Waals surface area contributed by atoms with Crippen molar-refractivity contribution in [1.82, 2.24) is 5.32 Å². The largest absolute Gasteiger partial charge is 0.447 e. The maximum Gasteiger partial charge on any atom is 0.407 e. The predicted octanol–water partition coefficient (Wildman–Crippen LogP) is -0.718. The van der Waals surface area contributed by atoms with Gasteiger partial charge >= 0.3 is 6.09 Å². The zero-order valence-corrected chi connectivity index (χ0v) is 9.34. The van der Waals surface area contributed by atoms with Gasteiger partial charge in [0.25, 0.3) is 0 Å². The van der Waals surface area contributed by atoms with E-state index in [2.05, 4.69) is 10.1 Å². The smallest absolute Gasteiger partial charge is 0.407 e. The number of alkyl carbamates (subject to hydrolysis) is 1. The first-order valence-electron chi connectivity index (χ1n) is 4.63. The lowest BCUT2D eigenvalue weighted by atomic mass is 10.0. The molecule has 2 N–H and O–H groups in total. The van der Waals surface area contributed by atoms with Gasteiger partial charge in [0.05, 0.1) is 23.7 Å². The van der Waals surface area contributed by atoms with Gasteiger partial charge in [-0.2, -0.15) is 0 Å². The van der Waals surface area contributed by atoms with Crippen LogP contribution in [-0.4, -0.2) is 49.9 Å². The number of aliphatic hydroxyl groups excluding tert-OH is 1. The first-order valence-corrected chi connectivity index (χ1v) is 6.45. The average molecular weight is 237 g/mol. The van der Waals surface area contributed by atoms with Crippen molar-refractivity contribution in [2.75, 3.05) is 24.7 Å². The lowest BCUT2D eigenvalue weighted by Gasteiger charge is -2.23. The number of hydrogen-bond donors (Lipinski definition) is 2. The number of carbonyl (C=O) groups is 1. The second kappa shape index (κ2) is 4.36. The van der Waals surface area contributed by atoms with Crippen LogP contribution in [0.1, 0.15) is 13.3 Å². The molecule has 1 saturated heterocycles. The Bertz CT molecular complexity index is 339. The normalized spacial score (nSPS) is 28.7. The predicted molar refractivity (Wildman–Crippen MR) is 53.2 cm³/mol. The summed E-state index contributed by atoms with van der Waals surface area (Å²) in [5.41, 5.74) is -0.745. The number of nitrogens with one attached hydrogen (secondary N) is 1. The Kier molecular flexibility index (Phi) is 3.56. The molecule has 0 aliphatic carbocycles. The summed E-state index contributed by atoms with van der Waals surface area (Å²) in [4.78, 5) is 11.1. The fourth-order valence-electron chi connectivity index (χ4n) is 1.53. The molecule has 0 spiro atoms. The molecule has 1 unspecified atom stereocenters. The van der Waals surface area contributed by atoms with Gasteiger partial charge in [-0.15, -0.1) is 0 Å².